The standard InChI is InChI=1S/C14H15N5O3.ClH/c20-14(17-11-5-6-15-8-11)10-7-16-18(9-10)12-1-3-13(4-2-12)19(21)22;/h1-4,7,9,11,15H,5-6,8H2,(H,17,20);1H. The van der Waals surface area contributed by atoms with Gasteiger partial charge in [0.15, 0.2) is 0 Å². The van der Waals surface area contributed by atoms with Crippen molar-refractivity contribution < 1.29 is 9.72 Å². The topological polar surface area (TPSA) is 102 Å². The van der Waals surface area contributed by atoms with Crippen LogP contribution >= 0.6 is 12.4 Å². The van der Waals surface area contributed by atoms with Crippen molar-refractivity contribution in [3.63, 3.8) is 0 Å². The predicted molar refractivity (Wildman–Crippen MR) is 86.2 cm³/mol. The number of aromatic nitrogens is 2. The summed E-state index contributed by atoms with van der Waals surface area (Å²) in [6, 6.07) is 6.14. The first-order valence-corrected chi connectivity index (χ1v) is 6.94. The molecule has 2 heterocycles. The average molecular weight is 338 g/mol. The lowest BCUT2D eigenvalue weighted by molar-refractivity contribution is -0.384. The van der Waals surface area contributed by atoms with Gasteiger partial charge in [0.25, 0.3) is 11.6 Å². The highest BCUT2D eigenvalue weighted by Crippen LogP contribution is 2.15. The van der Waals surface area contributed by atoms with Crippen LogP contribution in [0.15, 0.2) is 36.7 Å². The first kappa shape index (κ1) is 16.9. The van der Waals surface area contributed by atoms with Gasteiger partial charge in [-0.05, 0) is 25.1 Å². The Hall–Kier alpha value is -2.45. The number of non-ortho nitro benzene ring substituents is 1. The van der Waals surface area contributed by atoms with E-state index in [0.29, 0.717) is 11.3 Å². The summed E-state index contributed by atoms with van der Waals surface area (Å²) >= 11 is 0. The molecule has 1 amide bonds. The SMILES string of the molecule is Cl.O=C(NC1CCNC1)c1cnn(-c2ccc([N+](=O)[O-])cc2)c1. The van der Waals surface area contributed by atoms with Crippen molar-refractivity contribution in [1.82, 2.24) is 20.4 Å². The van der Waals surface area contributed by atoms with Crippen LogP contribution in [0.25, 0.3) is 5.69 Å². The smallest absolute Gasteiger partial charge is 0.269 e. The summed E-state index contributed by atoms with van der Waals surface area (Å²) in [7, 11) is 0. The van der Waals surface area contributed by atoms with Crippen LogP contribution < -0.4 is 10.6 Å². The van der Waals surface area contributed by atoms with Crippen molar-refractivity contribution in [1.29, 1.82) is 0 Å². The third-order valence-corrected chi connectivity index (χ3v) is 3.57. The highest BCUT2D eigenvalue weighted by atomic mass is 35.5. The molecule has 0 saturated carbocycles. The zero-order chi connectivity index (χ0) is 15.5. The zero-order valence-electron chi connectivity index (χ0n) is 12.1. The molecule has 2 N–H and O–H groups in total. The molecule has 1 saturated heterocycles. The van der Waals surface area contributed by atoms with Gasteiger partial charge in [-0.3, -0.25) is 14.9 Å². The molecule has 8 nitrogen and oxygen atoms in total. The number of hydrogen-bond donors (Lipinski definition) is 2. The number of nitro groups is 1. The molecule has 1 atom stereocenters. The fourth-order valence-corrected chi connectivity index (χ4v) is 2.35. The molecule has 9 heteroatoms. The molecule has 1 aromatic carbocycles. The largest absolute Gasteiger partial charge is 0.348 e. The Bertz CT molecular complexity index is 695. The Labute approximate surface area is 138 Å². The molecule has 1 aliphatic rings. The van der Waals surface area contributed by atoms with E-state index in [9.17, 15) is 14.9 Å². The quantitative estimate of drug-likeness (QED) is 0.646. The van der Waals surface area contributed by atoms with Gasteiger partial charge in [0.1, 0.15) is 0 Å². The van der Waals surface area contributed by atoms with Gasteiger partial charge in [0.05, 0.1) is 22.4 Å². The lowest BCUT2D eigenvalue weighted by Gasteiger charge is -2.09. The van der Waals surface area contributed by atoms with E-state index >= 15 is 0 Å². The third-order valence-electron chi connectivity index (χ3n) is 3.57. The van der Waals surface area contributed by atoms with Gasteiger partial charge in [-0.25, -0.2) is 4.68 Å². The van der Waals surface area contributed by atoms with Crippen LogP contribution in [0.1, 0.15) is 16.8 Å². The second kappa shape index (κ2) is 7.21. The molecule has 1 fully saturated rings. The summed E-state index contributed by atoms with van der Waals surface area (Å²) in [6.07, 6.45) is 4.01. The Balaban J connectivity index is 0.00000192. The van der Waals surface area contributed by atoms with Gasteiger partial charge in [-0.1, -0.05) is 0 Å². The number of halogens is 1. The molecule has 3 rings (SSSR count). The van der Waals surface area contributed by atoms with E-state index in [4.69, 9.17) is 0 Å². The lowest BCUT2D eigenvalue weighted by atomic mass is 10.2. The van der Waals surface area contributed by atoms with Crippen LogP contribution in [0.3, 0.4) is 0 Å². The summed E-state index contributed by atoms with van der Waals surface area (Å²) in [4.78, 5) is 22.3. The van der Waals surface area contributed by atoms with Crippen molar-refractivity contribution in [3.8, 4) is 5.69 Å². The minimum atomic E-state index is -0.457. The molecule has 0 aliphatic carbocycles. The number of nitrogens with zero attached hydrogens (tertiary/aromatic N) is 3. The monoisotopic (exact) mass is 337 g/mol. The van der Waals surface area contributed by atoms with E-state index in [1.807, 2.05) is 0 Å². The molecule has 0 radical (unpaired) electrons. The summed E-state index contributed by atoms with van der Waals surface area (Å²) in [5.74, 6) is -0.165. The number of amides is 1. The van der Waals surface area contributed by atoms with Gasteiger partial charge in [0.2, 0.25) is 0 Å². The molecular formula is C14H16ClN5O3. The number of benzene rings is 1. The van der Waals surface area contributed by atoms with Gasteiger partial charge in [0, 0.05) is 30.9 Å². The number of rotatable bonds is 4. The summed E-state index contributed by atoms with van der Waals surface area (Å²) < 4.78 is 1.52. The molecular weight excluding hydrogens is 322 g/mol. The first-order chi connectivity index (χ1) is 10.6. The van der Waals surface area contributed by atoms with Gasteiger partial charge in [-0.2, -0.15) is 5.10 Å². The van der Waals surface area contributed by atoms with Gasteiger partial charge < -0.3 is 10.6 Å². The number of hydrogen-bond acceptors (Lipinski definition) is 5. The second-order valence-corrected chi connectivity index (χ2v) is 5.11. The Morgan fingerprint density at radius 1 is 1.39 bits per heavy atom. The Morgan fingerprint density at radius 3 is 2.74 bits per heavy atom. The number of nitrogens with one attached hydrogen (secondary N) is 2. The van der Waals surface area contributed by atoms with E-state index in [1.54, 1.807) is 18.3 Å². The van der Waals surface area contributed by atoms with Crippen LogP contribution in [0.4, 0.5) is 5.69 Å². The molecule has 0 spiro atoms. The maximum atomic E-state index is 12.1. The Morgan fingerprint density at radius 2 is 2.13 bits per heavy atom. The summed E-state index contributed by atoms with van der Waals surface area (Å²) in [5, 5.41) is 20.9. The van der Waals surface area contributed by atoms with Crippen LogP contribution in [0, 0.1) is 10.1 Å². The normalized spacial score (nSPS) is 16.6. The highest BCUT2D eigenvalue weighted by molar-refractivity contribution is 5.94. The van der Waals surface area contributed by atoms with Crippen LogP contribution in [-0.2, 0) is 0 Å². The molecule has 2 aromatic rings. The highest BCUT2D eigenvalue weighted by Gasteiger charge is 2.18. The van der Waals surface area contributed by atoms with Crippen LogP contribution in [0.2, 0.25) is 0 Å². The minimum absolute atomic E-state index is 0. The molecule has 1 unspecified atom stereocenters. The lowest BCUT2D eigenvalue weighted by Crippen LogP contribution is -2.36. The third kappa shape index (κ3) is 3.85. The minimum Gasteiger partial charge on any atom is -0.348 e. The molecule has 122 valence electrons. The molecule has 1 aliphatic heterocycles. The molecule has 0 bridgehead atoms. The first-order valence-electron chi connectivity index (χ1n) is 6.94. The van der Waals surface area contributed by atoms with Crippen molar-refractivity contribution in [3.05, 3.63) is 52.3 Å². The van der Waals surface area contributed by atoms with Crippen LogP contribution in [-0.4, -0.2) is 39.7 Å². The fraction of sp³-hybridized carbons (Fsp3) is 0.286. The summed E-state index contributed by atoms with van der Waals surface area (Å²) in [6.45, 7) is 1.69. The predicted octanol–water partition coefficient (Wildman–Crippen LogP) is 1.29. The summed E-state index contributed by atoms with van der Waals surface area (Å²) in [5.41, 5.74) is 1.14. The number of carbonyl (C=O) groups is 1. The average Bonchev–Trinajstić information content (AvgIpc) is 3.18. The van der Waals surface area contributed by atoms with E-state index in [2.05, 4.69) is 15.7 Å². The van der Waals surface area contributed by atoms with Crippen LogP contribution in [0.5, 0.6) is 0 Å². The van der Waals surface area contributed by atoms with E-state index in [-0.39, 0.29) is 30.0 Å². The van der Waals surface area contributed by atoms with Crippen molar-refractivity contribution in [2.24, 2.45) is 0 Å². The maximum Gasteiger partial charge on any atom is 0.269 e. The Kier molecular flexibility index (Phi) is 5.30. The van der Waals surface area contributed by atoms with E-state index in [1.165, 1.54) is 23.0 Å². The maximum absolute atomic E-state index is 12.1. The van der Waals surface area contributed by atoms with Crippen molar-refractivity contribution in [2.75, 3.05) is 13.1 Å². The van der Waals surface area contributed by atoms with Gasteiger partial charge >= 0.3 is 0 Å². The molecule has 1 aromatic heterocycles. The number of carbonyl (C=O) groups excluding carboxylic acids is 1. The van der Waals surface area contributed by atoms with Gasteiger partial charge in [-0.15, -0.1) is 12.4 Å². The number of nitro benzene ring substituents is 1. The van der Waals surface area contributed by atoms with E-state index in [0.717, 1.165) is 19.5 Å². The zero-order valence-corrected chi connectivity index (χ0v) is 13.0. The van der Waals surface area contributed by atoms with E-state index < -0.39 is 4.92 Å². The fourth-order valence-electron chi connectivity index (χ4n) is 2.35. The second-order valence-electron chi connectivity index (χ2n) is 5.11. The van der Waals surface area contributed by atoms with Crippen molar-refractivity contribution in [2.45, 2.75) is 12.5 Å². The van der Waals surface area contributed by atoms with Crippen molar-refractivity contribution >= 4 is 24.0 Å². The molecule has 23 heavy (non-hydrogen) atoms.